The fourth-order valence-electron chi connectivity index (χ4n) is 4.90. The number of para-hydroxylation sites is 1. The van der Waals surface area contributed by atoms with E-state index >= 15 is 0 Å². The Labute approximate surface area is 211 Å². The van der Waals surface area contributed by atoms with E-state index in [-0.39, 0.29) is 0 Å². The van der Waals surface area contributed by atoms with Crippen molar-refractivity contribution in [3.05, 3.63) is 121 Å². The van der Waals surface area contributed by atoms with E-state index in [1.54, 1.807) is 0 Å². The zero-order valence-electron chi connectivity index (χ0n) is 19.5. The van der Waals surface area contributed by atoms with Gasteiger partial charge in [-0.3, -0.25) is 4.98 Å². The van der Waals surface area contributed by atoms with Crippen molar-refractivity contribution in [3.8, 4) is 33.4 Å². The molecule has 170 valence electrons. The van der Waals surface area contributed by atoms with Crippen LogP contribution in [0.3, 0.4) is 0 Å². The number of nitrogens with zero attached hydrogens (tertiary/aromatic N) is 1. The third-order valence-corrected chi connectivity index (χ3v) is 7.24. The number of rotatable bonds is 3. The normalized spacial score (nSPS) is 11.5. The van der Waals surface area contributed by atoms with Crippen LogP contribution in [0, 0.1) is 0 Å². The van der Waals surface area contributed by atoms with Crippen LogP contribution < -0.4 is 5.30 Å². The van der Waals surface area contributed by atoms with Gasteiger partial charge in [-0.05, 0) is 63.5 Å². The summed E-state index contributed by atoms with van der Waals surface area (Å²) in [7, 11) is 2.73. The Morgan fingerprint density at radius 1 is 0.500 bits per heavy atom. The van der Waals surface area contributed by atoms with E-state index in [1.807, 2.05) is 18.3 Å². The monoisotopic (exact) mass is 479 g/mol. The number of benzene rings is 5. The summed E-state index contributed by atoms with van der Waals surface area (Å²) in [6, 6.07) is 40.5. The molecule has 0 aliphatic rings. The predicted octanol–water partition coefficient (Wildman–Crippen LogP) is 8.64. The molecule has 1 atom stereocenters. The summed E-state index contributed by atoms with van der Waals surface area (Å²) in [6.45, 7) is 0. The van der Waals surface area contributed by atoms with E-state index < -0.39 is 0 Å². The van der Waals surface area contributed by atoms with Gasteiger partial charge in [0.25, 0.3) is 0 Å². The van der Waals surface area contributed by atoms with E-state index in [1.165, 1.54) is 27.6 Å². The van der Waals surface area contributed by atoms with Gasteiger partial charge in [0, 0.05) is 27.9 Å². The van der Waals surface area contributed by atoms with Crippen LogP contribution in [0.2, 0.25) is 0 Å². The summed E-state index contributed by atoms with van der Waals surface area (Å²) in [5.41, 5.74) is 9.86. The molecule has 0 saturated heterocycles. The predicted molar refractivity (Wildman–Crippen MR) is 155 cm³/mol. The van der Waals surface area contributed by atoms with Crippen LogP contribution in [0.15, 0.2) is 126 Å². The van der Waals surface area contributed by atoms with Crippen molar-refractivity contribution >= 4 is 47.4 Å². The minimum absolute atomic E-state index is 0.920. The van der Waals surface area contributed by atoms with Crippen molar-refractivity contribution in [2.24, 2.45) is 0 Å². The van der Waals surface area contributed by atoms with Crippen LogP contribution >= 0.6 is 9.24 Å². The molecule has 0 bridgehead atoms. The van der Waals surface area contributed by atoms with Crippen molar-refractivity contribution in [2.45, 2.75) is 0 Å². The third kappa shape index (κ3) is 3.68. The summed E-state index contributed by atoms with van der Waals surface area (Å²) in [4.78, 5) is 4.78. The smallest absolute Gasteiger partial charge is 0.135 e. The Bertz CT molecular complexity index is 1880. The molecule has 2 heterocycles. The fraction of sp³-hybridized carbons (Fsp3) is 0. The zero-order valence-corrected chi connectivity index (χ0v) is 20.6. The quantitative estimate of drug-likeness (QED) is 0.237. The molecule has 0 fully saturated rings. The minimum Gasteiger partial charge on any atom is -0.456 e. The molecular formula is C33H22NOP. The average molecular weight is 480 g/mol. The summed E-state index contributed by atoms with van der Waals surface area (Å²) in [6.07, 6.45) is 1.97. The summed E-state index contributed by atoms with van der Waals surface area (Å²) >= 11 is 0. The largest absolute Gasteiger partial charge is 0.456 e. The molecule has 2 aromatic heterocycles. The van der Waals surface area contributed by atoms with E-state index in [0.717, 1.165) is 44.0 Å². The Hall–Kier alpha value is -4.26. The number of pyridine rings is 1. The number of hydrogen-bond acceptors (Lipinski definition) is 2. The first-order valence-electron chi connectivity index (χ1n) is 12.0. The molecule has 2 nitrogen and oxygen atoms in total. The molecular weight excluding hydrogens is 457 g/mol. The average Bonchev–Trinajstić information content (AvgIpc) is 3.31. The first-order valence-corrected chi connectivity index (χ1v) is 12.6. The molecule has 0 saturated carbocycles. The van der Waals surface area contributed by atoms with E-state index in [2.05, 4.69) is 112 Å². The molecule has 7 rings (SSSR count). The highest BCUT2D eigenvalue weighted by Crippen LogP contribution is 2.33. The lowest BCUT2D eigenvalue weighted by molar-refractivity contribution is 0.669. The Morgan fingerprint density at radius 2 is 1.11 bits per heavy atom. The molecule has 7 aromatic rings. The van der Waals surface area contributed by atoms with Gasteiger partial charge in [-0.15, -0.1) is 9.24 Å². The van der Waals surface area contributed by atoms with Crippen LogP contribution in [0.5, 0.6) is 0 Å². The maximum absolute atomic E-state index is 5.98. The second-order valence-electron chi connectivity index (χ2n) is 9.14. The topological polar surface area (TPSA) is 26.0 Å². The van der Waals surface area contributed by atoms with Crippen molar-refractivity contribution < 1.29 is 4.42 Å². The first-order chi connectivity index (χ1) is 17.7. The van der Waals surface area contributed by atoms with E-state index in [4.69, 9.17) is 9.40 Å². The molecule has 3 heteroatoms. The molecule has 1 unspecified atom stereocenters. The van der Waals surface area contributed by atoms with Crippen molar-refractivity contribution in [1.82, 2.24) is 4.98 Å². The van der Waals surface area contributed by atoms with Gasteiger partial charge in [0.15, 0.2) is 0 Å². The second kappa shape index (κ2) is 8.45. The zero-order chi connectivity index (χ0) is 24.1. The number of furan rings is 1. The molecule has 0 aliphatic carbocycles. The standard InChI is InChI=1S/C33H22NOP/c36-28-14-11-22(12-15-28)25-9-10-26-17-27(20-34-31(26)19-25)23-7-5-21(6-8-23)24-13-16-33-30(18-24)29-3-1-2-4-32(29)35-33/h1-20H,36H2. The number of fused-ring (bicyclic) bond motifs is 4. The van der Waals surface area contributed by atoms with Crippen molar-refractivity contribution in [2.75, 3.05) is 0 Å². The molecule has 0 N–H and O–H groups in total. The maximum atomic E-state index is 5.98. The highest BCUT2D eigenvalue weighted by atomic mass is 31.0. The molecule has 36 heavy (non-hydrogen) atoms. The summed E-state index contributed by atoms with van der Waals surface area (Å²) in [5.74, 6) is 0. The van der Waals surface area contributed by atoms with Crippen LogP contribution in [0.4, 0.5) is 0 Å². The lowest BCUT2D eigenvalue weighted by atomic mass is 9.98. The van der Waals surface area contributed by atoms with Crippen LogP contribution in [0.1, 0.15) is 0 Å². The lowest BCUT2D eigenvalue weighted by Gasteiger charge is -2.08. The Balaban J connectivity index is 1.20. The van der Waals surface area contributed by atoms with Crippen LogP contribution in [0.25, 0.3) is 66.2 Å². The van der Waals surface area contributed by atoms with Crippen molar-refractivity contribution in [1.29, 1.82) is 0 Å². The molecule has 0 radical (unpaired) electrons. The van der Waals surface area contributed by atoms with Gasteiger partial charge in [-0.25, -0.2) is 0 Å². The Morgan fingerprint density at radius 3 is 1.92 bits per heavy atom. The number of aromatic nitrogens is 1. The van der Waals surface area contributed by atoms with Gasteiger partial charge >= 0.3 is 0 Å². The van der Waals surface area contributed by atoms with Crippen LogP contribution in [-0.2, 0) is 0 Å². The summed E-state index contributed by atoms with van der Waals surface area (Å²) in [5, 5.41) is 4.62. The van der Waals surface area contributed by atoms with Gasteiger partial charge in [0.05, 0.1) is 5.52 Å². The van der Waals surface area contributed by atoms with E-state index in [9.17, 15) is 0 Å². The third-order valence-electron chi connectivity index (χ3n) is 6.86. The van der Waals surface area contributed by atoms with Crippen LogP contribution in [-0.4, -0.2) is 4.98 Å². The van der Waals surface area contributed by atoms with Gasteiger partial charge in [-0.2, -0.15) is 0 Å². The summed E-state index contributed by atoms with van der Waals surface area (Å²) < 4.78 is 5.98. The Kier molecular flexibility index (Phi) is 4.94. The second-order valence-corrected chi connectivity index (χ2v) is 9.81. The highest BCUT2D eigenvalue weighted by molar-refractivity contribution is 7.27. The fourth-order valence-corrected chi connectivity index (χ4v) is 5.09. The van der Waals surface area contributed by atoms with Crippen molar-refractivity contribution in [3.63, 3.8) is 0 Å². The first kappa shape index (κ1) is 21.1. The molecule has 0 aliphatic heterocycles. The van der Waals surface area contributed by atoms with Gasteiger partial charge in [0.1, 0.15) is 11.2 Å². The van der Waals surface area contributed by atoms with Gasteiger partial charge in [-0.1, -0.05) is 84.9 Å². The maximum Gasteiger partial charge on any atom is 0.135 e. The molecule has 0 spiro atoms. The molecule has 5 aromatic carbocycles. The highest BCUT2D eigenvalue weighted by Gasteiger charge is 2.09. The van der Waals surface area contributed by atoms with E-state index in [0.29, 0.717) is 0 Å². The number of hydrogen-bond donors (Lipinski definition) is 0. The molecule has 0 amide bonds. The van der Waals surface area contributed by atoms with Gasteiger partial charge < -0.3 is 4.42 Å². The van der Waals surface area contributed by atoms with Gasteiger partial charge in [0.2, 0.25) is 0 Å². The SMILES string of the molecule is Pc1ccc(-c2ccc3cc(-c4ccc(-c5ccc6oc7ccccc7c6c5)cc4)cnc3c2)cc1. The lowest BCUT2D eigenvalue weighted by Crippen LogP contribution is -1.89. The minimum atomic E-state index is 0.920.